The van der Waals surface area contributed by atoms with Crippen LogP contribution in [-0.4, -0.2) is 18.5 Å². The highest BCUT2D eigenvalue weighted by Crippen LogP contribution is 2.43. The van der Waals surface area contributed by atoms with E-state index >= 15 is 0 Å². The third-order valence-corrected chi connectivity index (χ3v) is 5.40. The van der Waals surface area contributed by atoms with Crippen LogP contribution in [-0.2, 0) is 14.3 Å². The van der Waals surface area contributed by atoms with Crippen LogP contribution in [0, 0.1) is 11.6 Å². The number of halogens is 4. The summed E-state index contributed by atoms with van der Waals surface area (Å²) in [5.74, 6) is -2.85. The minimum absolute atomic E-state index is 0.124. The predicted molar refractivity (Wildman–Crippen MR) is 98.3 cm³/mol. The van der Waals surface area contributed by atoms with Crippen molar-refractivity contribution in [3.63, 3.8) is 0 Å². The molecule has 8 heteroatoms. The molecule has 0 aliphatic carbocycles. The minimum Gasteiger partial charge on any atom is -0.456 e. The molecule has 0 N–H and O–H groups in total. The van der Waals surface area contributed by atoms with Crippen LogP contribution in [0.2, 0.25) is 5.02 Å². The molecule has 2 aromatic carbocycles. The molecule has 2 aliphatic rings. The number of amides is 1. The first-order valence-corrected chi connectivity index (χ1v) is 9.17. The minimum atomic E-state index is -0.757. The average Bonchev–Trinajstić information content (AvgIpc) is 3.01. The van der Waals surface area contributed by atoms with Gasteiger partial charge < -0.3 is 4.74 Å². The van der Waals surface area contributed by atoms with Crippen LogP contribution in [0.5, 0.6) is 0 Å². The summed E-state index contributed by atoms with van der Waals surface area (Å²) >= 11 is 9.12. The van der Waals surface area contributed by atoms with E-state index in [9.17, 15) is 18.4 Å². The molecule has 27 heavy (non-hydrogen) atoms. The van der Waals surface area contributed by atoms with Crippen LogP contribution >= 0.6 is 27.5 Å². The van der Waals surface area contributed by atoms with Crippen molar-refractivity contribution in [2.75, 3.05) is 11.5 Å². The molecule has 0 saturated carbocycles. The largest absolute Gasteiger partial charge is 0.456 e. The quantitative estimate of drug-likeness (QED) is 0.618. The molecule has 0 bridgehead atoms. The van der Waals surface area contributed by atoms with Gasteiger partial charge in [-0.05, 0) is 42.0 Å². The SMILES string of the molecule is O=C1OCC2=C1C(c1cc(Br)ccc1F)CC(=O)N2c1ccc(F)c(Cl)c1. The zero-order chi connectivity index (χ0) is 19.3. The van der Waals surface area contributed by atoms with E-state index in [1.807, 2.05) is 0 Å². The van der Waals surface area contributed by atoms with E-state index in [1.54, 1.807) is 12.1 Å². The zero-order valence-corrected chi connectivity index (χ0v) is 16.0. The van der Waals surface area contributed by atoms with E-state index in [-0.39, 0.29) is 35.1 Å². The van der Waals surface area contributed by atoms with Crippen LogP contribution in [0.25, 0.3) is 0 Å². The van der Waals surface area contributed by atoms with Gasteiger partial charge >= 0.3 is 5.97 Å². The van der Waals surface area contributed by atoms with Gasteiger partial charge in [0.15, 0.2) is 0 Å². The second kappa shape index (κ2) is 6.73. The standard InChI is InChI=1S/C19H11BrClF2NO3/c20-9-1-3-14(22)11(5-9)12-7-17(25)24(16-8-27-19(26)18(12)16)10-2-4-15(23)13(21)6-10/h1-6,12H,7-8H2. The Morgan fingerprint density at radius 1 is 1.11 bits per heavy atom. The maximum absolute atomic E-state index is 14.4. The number of carbonyl (C=O) groups excluding carboxylic acids is 2. The fourth-order valence-corrected chi connectivity index (χ4v) is 3.98. The van der Waals surface area contributed by atoms with E-state index in [4.69, 9.17) is 16.3 Å². The van der Waals surface area contributed by atoms with Crippen LogP contribution in [0.1, 0.15) is 17.9 Å². The lowest BCUT2D eigenvalue weighted by Crippen LogP contribution is -2.37. The lowest BCUT2D eigenvalue weighted by Gasteiger charge is -2.32. The summed E-state index contributed by atoms with van der Waals surface area (Å²) in [6.07, 6.45) is -0.129. The van der Waals surface area contributed by atoms with Gasteiger partial charge in [0.05, 0.1) is 22.0 Å². The van der Waals surface area contributed by atoms with Crippen molar-refractivity contribution in [2.24, 2.45) is 0 Å². The van der Waals surface area contributed by atoms with Gasteiger partial charge in [-0.25, -0.2) is 13.6 Å². The van der Waals surface area contributed by atoms with Crippen LogP contribution in [0.3, 0.4) is 0 Å². The highest BCUT2D eigenvalue weighted by atomic mass is 79.9. The molecule has 4 nitrogen and oxygen atoms in total. The zero-order valence-electron chi connectivity index (χ0n) is 13.6. The lowest BCUT2D eigenvalue weighted by atomic mass is 9.84. The Labute approximate surface area is 166 Å². The number of cyclic esters (lactones) is 1. The molecule has 0 fully saturated rings. The fourth-order valence-electron chi connectivity index (χ4n) is 3.43. The third kappa shape index (κ3) is 3.04. The predicted octanol–water partition coefficient (Wildman–Crippen LogP) is 4.71. The Morgan fingerprint density at radius 3 is 2.59 bits per heavy atom. The van der Waals surface area contributed by atoms with Gasteiger partial charge in [-0.15, -0.1) is 0 Å². The number of anilines is 1. The van der Waals surface area contributed by atoms with E-state index in [1.165, 1.54) is 23.1 Å². The number of esters is 1. The van der Waals surface area contributed by atoms with Crippen molar-refractivity contribution in [3.8, 4) is 0 Å². The summed E-state index contributed by atoms with van der Waals surface area (Å²) in [5, 5.41) is -0.146. The van der Waals surface area contributed by atoms with Crippen LogP contribution < -0.4 is 4.90 Å². The Balaban J connectivity index is 1.86. The Kier molecular flexibility index (Phi) is 4.52. The highest BCUT2D eigenvalue weighted by Gasteiger charge is 2.43. The maximum atomic E-state index is 14.4. The van der Waals surface area contributed by atoms with Gasteiger partial charge in [0, 0.05) is 16.8 Å². The number of carbonyl (C=O) groups is 2. The second-order valence-electron chi connectivity index (χ2n) is 6.19. The van der Waals surface area contributed by atoms with Crippen molar-refractivity contribution in [1.29, 1.82) is 0 Å². The van der Waals surface area contributed by atoms with E-state index in [2.05, 4.69) is 15.9 Å². The normalized spacial score (nSPS) is 19.4. The van der Waals surface area contributed by atoms with Gasteiger partial charge in [-0.1, -0.05) is 27.5 Å². The van der Waals surface area contributed by atoms with Gasteiger partial charge in [-0.2, -0.15) is 0 Å². The number of rotatable bonds is 2. The number of ether oxygens (including phenoxy) is 1. The van der Waals surface area contributed by atoms with Crippen LogP contribution in [0.4, 0.5) is 14.5 Å². The molecule has 1 atom stereocenters. The van der Waals surface area contributed by atoms with Gasteiger partial charge in [0.1, 0.15) is 18.2 Å². The summed E-state index contributed by atoms with van der Waals surface area (Å²) in [6.45, 7) is -0.124. The first-order valence-electron chi connectivity index (χ1n) is 8.00. The van der Waals surface area contributed by atoms with Crippen molar-refractivity contribution < 1.29 is 23.1 Å². The number of hydrogen-bond acceptors (Lipinski definition) is 3. The van der Waals surface area contributed by atoms with Gasteiger partial charge in [-0.3, -0.25) is 9.69 Å². The molecule has 4 rings (SSSR count). The summed E-state index contributed by atoms with van der Waals surface area (Å²) in [6, 6.07) is 8.21. The second-order valence-corrected chi connectivity index (χ2v) is 7.51. The number of hydrogen-bond donors (Lipinski definition) is 0. The van der Waals surface area contributed by atoms with Crippen molar-refractivity contribution in [1.82, 2.24) is 0 Å². The molecule has 0 radical (unpaired) electrons. The molecule has 2 heterocycles. The third-order valence-electron chi connectivity index (χ3n) is 4.61. The van der Waals surface area contributed by atoms with Crippen molar-refractivity contribution in [3.05, 3.63) is 74.4 Å². The average molecular weight is 455 g/mol. The maximum Gasteiger partial charge on any atom is 0.336 e. The van der Waals surface area contributed by atoms with Gasteiger partial charge in [0.25, 0.3) is 0 Å². The molecule has 2 aromatic rings. The van der Waals surface area contributed by atoms with Gasteiger partial charge in [0.2, 0.25) is 5.91 Å². The van der Waals surface area contributed by atoms with E-state index < -0.39 is 23.5 Å². The van der Waals surface area contributed by atoms with Crippen LogP contribution in [0.15, 0.2) is 52.1 Å². The first-order chi connectivity index (χ1) is 12.9. The molecule has 0 spiro atoms. The van der Waals surface area contributed by atoms with Crippen molar-refractivity contribution >= 4 is 45.1 Å². The molecule has 138 valence electrons. The molecular weight excluding hydrogens is 444 g/mol. The smallest absolute Gasteiger partial charge is 0.336 e. The van der Waals surface area contributed by atoms with E-state index in [0.29, 0.717) is 15.9 Å². The molecular formula is C19H11BrClF2NO3. The number of nitrogens with zero attached hydrogens (tertiary/aromatic N) is 1. The monoisotopic (exact) mass is 453 g/mol. The molecule has 1 unspecified atom stereocenters. The first kappa shape index (κ1) is 18.1. The summed E-state index contributed by atoms with van der Waals surface area (Å²) in [5.41, 5.74) is 1.11. The van der Waals surface area contributed by atoms with Crippen molar-refractivity contribution in [2.45, 2.75) is 12.3 Å². The highest BCUT2D eigenvalue weighted by molar-refractivity contribution is 9.10. The fraction of sp³-hybridized carbons (Fsp3) is 0.158. The molecule has 2 aliphatic heterocycles. The topological polar surface area (TPSA) is 46.6 Å². The number of benzene rings is 2. The summed E-state index contributed by atoms with van der Waals surface area (Å²) < 4.78 is 33.6. The lowest BCUT2D eigenvalue weighted by molar-refractivity contribution is -0.136. The molecule has 1 amide bonds. The Hall–Kier alpha value is -2.25. The Morgan fingerprint density at radius 2 is 1.85 bits per heavy atom. The Bertz CT molecular complexity index is 1020. The summed E-state index contributed by atoms with van der Waals surface area (Å²) in [7, 11) is 0. The van der Waals surface area contributed by atoms with E-state index in [0.717, 1.165) is 6.07 Å². The molecule has 0 aromatic heterocycles. The molecule has 0 saturated heterocycles. The summed E-state index contributed by atoms with van der Waals surface area (Å²) in [4.78, 5) is 26.5.